The van der Waals surface area contributed by atoms with Crippen LogP contribution in [0.5, 0.6) is 0 Å². The van der Waals surface area contributed by atoms with Gasteiger partial charge in [0.15, 0.2) is 0 Å². The van der Waals surface area contributed by atoms with E-state index in [1.807, 2.05) is 24.0 Å². The van der Waals surface area contributed by atoms with Crippen LogP contribution >= 0.6 is 0 Å². The summed E-state index contributed by atoms with van der Waals surface area (Å²) in [5.74, 6) is 1.12. The van der Waals surface area contributed by atoms with E-state index in [-0.39, 0.29) is 6.03 Å². The molecule has 25 heavy (non-hydrogen) atoms. The van der Waals surface area contributed by atoms with Crippen molar-refractivity contribution in [2.75, 3.05) is 58.9 Å². The first-order valence-corrected chi connectivity index (χ1v) is 8.70. The Hall–Kier alpha value is -1.93. The molecule has 2 fully saturated rings. The van der Waals surface area contributed by atoms with E-state index in [9.17, 15) is 4.79 Å². The fraction of sp³-hybridized carbons (Fsp3) is 0.706. The van der Waals surface area contributed by atoms with Crippen molar-refractivity contribution < 1.29 is 14.3 Å². The molecule has 1 aromatic rings. The summed E-state index contributed by atoms with van der Waals surface area (Å²) in [7, 11) is 3.54. The third-order valence-corrected chi connectivity index (χ3v) is 4.66. The zero-order valence-electron chi connectivity index (χ0n) is 15.2. The lowest BCUT2D eigenvalue weighted by Crippen LogP contribution is -2.49. The van der Waals surface area contributed by atoms with Gasteiger partial charge in [-0.15, -0.1) is 5.10 Å². The Morgan fingerprint density at radius 3 is 3.00 bits per heavy atom. The Morgan fingerprint density at radius 1 is 1.44 bits per heavy atom. The van der Waals surface area contributed by atoms with E-state index in [2.05, 4.69) is 15.5 Å². The Kier molecular flexibility index (Phi) is 5.39. The second-order valence-electron chi connectivity index (χ2n) is 7.16. The van der Waals surface area contributed by atoms with E-state index in [0.29, 0.717) is 38.8 Å². The molecule has 8 nitrogen and oxygen atoms in total. The first-order chi connectivity index (χ1) is 12.0. The van der Waals surface area contributed by atoms with Crippen molar-refractivity contribution >= 4 is 11.8 Å². The standard InChI is InChI=1S/C17H27N5O3/c1-13-4-5-15(20-19-13)18-9-14-8-17(25-10-14)11-22(6-7-24-12-17)16(23)21(2)3/h4-5,14H,6-12H2,1-3H3,(H,18,20). The number of carbonyl (C=O) groups excluding carboxylic acids is 1. The normalized spacial score (nSPS) is 26.5. The number of rotatable bonds is 3. The molecule has 1 aromatic heterocycles. The number of nitrogens with one attached hydrogen (secondary N) is 1. The molecule has 2 amide bonds. The van der Waals surface area contributed by atoms with Gasteiger partial charge in [0.1, 0.15) is 11.4 Å². The Bertz CT molecular complexity index is 594. The van der Waals surface area contributed by atoms with E-state index in [1.54, 1.807) is 19.0 Å². The van der Waals surface area contributed by atoms with Crippen LogP contribution < -0.4 is 5.32 Å². The molecule has 0 radical (unpaired) electrons. The van der Waals surface area contributed by atoms with Gasteiger partial charge in [-0.1, -0.05) is 0 Å². The van der Waals surface area contributed by atoms with Crippen LogP contribution in [0.2, 0.25) is 0 Å². The summed E-state index contributed by atoms with van der Waals surface area (Å²) in [5, 5.41) is 11.5. The van der Waals surface area contributed by atoms with Crippen molar-refractivity contribution in [2.45, 2.75) is 18.9 Å². The highest BCUT2D eigenvalue weighted by Crippen LogP contribution is 2.33. The number of hydrogen-bond acceptors (Lipinski definition) is 6. The number of nitrogens with zero attached hydrogens (tertiary/aromatic N) is 4. The zero-order chi connectivity index (χ0) is 17.9. The highest BCUT2D eigenvalue weighted by atomic mass is 16.5. The van der Waals surface area contributed by atoms with Crippen LogP contribution in [0.25, 0.3) is 0 Å². The number of urea groups is 1. The molecule has 0 aliphatic carbocycles. The molecule has 2 aliphatic rings. The smallest absolute Gasteiger partial charge is 0.319 e. The number of carbonyl (C=O) groups is 1. The number of anilines is 1. The molecule has 8 heteroatoms. The predicted octanol–water partition coefficient (Wildman–Crippen LogP) is 0.986. The minimum atomic E-state index is -0.409. The summed E-state index contributed by atoms with van der Waals surface area (Å²) in [5.41, 5.74) is 0.489. The van der Waals surface area contributed by atoms with Gasteiger partial charge in [-0.3, -0.25) is 0 Å². The average molecular weight is 349 g/mol. The molecule has 2 unspecified atom stereocenters. The van der Waals surface area contributed by atoms with E-state index < -0.39 is 5.60 Å². The van der Waals surface area contributed by atoms with E-state index in [0.717, 1.165) is 24.5 Å². The maximum Gasteiger partial charge on any atom is 0.319 e. The molecule has 1 spiro atoms. The number of aromatic nitrogens is 2. The summed E-state index contributed by atoms with van der Waals surface area (Å²) >= 11 is 0. The molecular weight excluding hydrogens is 322 g/mol. The summed E-state index contributed by atoms with van der Waals surface area (Å²) in [6.07, 6.45) is 0.858. The van der Waals surface area contributed by atoms with Gasteiger partial charge in [0.25, 0.3) is 0 Å². The van der Waals surface area contributed by atoms with Gasteiger partial charge in [-0.2, -0.15) is 5.10 Å². The van der Waals surface area contributed by atoms with Crippen molar-refractivity contribution in [3.63, 3.8) is 0 Å². The van der Waals surface area contributed by atoms with Crippen LogP contribution in [-0.2, 0) is 9.47 Å². The summed E-state index contributed by atoms with van der Waals surface area (Å²) < 4.78 is 11.9. The number of amides is 2. The van der Waals surface area contributed by atoms with Gasteiger partial charge >= 0.3 is 6.03 Å². The van der Waals surface area contributed by atoms with Crippen LogP contribution in [0.4, 0.5) is 10.6 Å². The molecule has 0 saturated carbocycles. The highest BCUT2D eigenvalue weighted by molar-refractivity contribution is 5.74. The Labute approximate surface area is 148 Å². The monoisotopic (exact) mass is 349 g/mol. The quantitative estimate of drug-likeness (QED) is 0.876. The number of ether oxygens (including phenoxy) is 2. The van der Waals surface area contributed by atoms with Crippen LogP contribution in [-0.4, -0.2) is 85.2 Å². The third kappa shape index (κ3) is 4.38. The highest BCUT2D eigenvalue weighted by Gasteiger charge is 2.44. The van der Waals surface area contributed by atoms with Crippen LogP contribution in [0, 0.1) is 12.8 Å². The third-order valence-electron chi connectivity index (χ3n) is 4.66. The van der Waals surface area contributed by atoms with Gasteiger partial charge in [0.2, 0.25) is 0 Å². The largest absolute Gasteiger partial charge is 0.377 e. The zero-order valence-corrected chi connectivity index (χ0v) is 15.2. The number of aryl methyl sites for hydroxylation is 1. The minimum Gasteiger partial charge on any atom is -0.377 e. The van der Waals surface area contributed by atoms with Crippen LogP contribution in [0.1, 0.15) is 12.1 Å². The Balaban J connectivity index is 1.57. The van der Waals surface area contributed by atoms with Crippen molar-refractivity contribution in [1.29, 1.82) is 0 Å². The fourth-order valence-electron chi connectivity index (χ4n) is 3.37. The maximum absolute atomic E-state index is 12.3. The lowest BCUT2D eigenvalue weighted by atomic mass is 9.94. The van der Waals surface area contributed by atoms with Gasteiger partial charge in [-0.25, -0.2) is 4.79 Å². The van der Waals surface area contributed by atoms with Gasteiger partial charge in [0.05, 0.1) is 32.1 Å². The van der Waals surface area contributed by atoms with E-state index in [1.165, 1.54) is 0 Å². The molecule has 2 saturated heterocycles. The molecule has 0 bridgehead atoms. The SMILES string of the molecule is Cc1ccc(NCC2COC3(COCCN(C(=O)N(C)C)C3)C2)nn1. The molecule has 0 aromatic carbocycles. The molecule has 2 atom stereocenters. The fourth-order valence-corrected chi connectivity index (χ4v) is 3.37. The minimum absolute atomic E-state index is 0.00461. The van der Waals surface area contributed by atoms with E-state index >= 15 is 0 Å². The molecular formula is C17H27N5O3. The van der Waals surface area contributed by atoms with Gasteiger partial charge < -0.3 is 24.6 Å². The molecule has 3 rings (SSSR count). The van der Waals surface area contributed by atoms with Crippen LogP contribution in [0.15, 0.2) is 12.1 Å². The summed E-state index contributed by atoms with van der Waals surface area (Å²) in [4.78, 5) is 15.8. The lowest BCUT2D eigenvalue weighted by Gasteiger charge is -2.32. The van der Waals surface area contributed by atoms with Crippen molar-refractivity contribution in [3.05, 3.63) is 17.8 Å². The number of hydrogen-bond donors (Lipinski definition) is 1. The Morgan fingerprint density at radius 2 is 2.28 bits per heavy atom. The van der Waals surface area contributed by atoms with Crippen molar-refractivity contribution in [2.24, 2.45) is 5.92 Å². The molecule has 138 valence electrons. The summed E-state index contributed by atoms with van der Waals surface area (Å²) in [6.45, 7) is 5.59. The second kappa shape index (κ2) is 7.53. The average Bonchev–Trinajstić information content (AvgIpc) is 2.87. The first-order valence-electron chi connectivity index (χ1n) is 8.70. The van der Waals surface area contributed by atoms with Gasteiger partial charge in [-0.05, 0) is 25.5 Å². The molecule has 3 heterocycles. The lowest BCUT2D eigenvalue weighted by molar-refractivity contribution is -0.0535. The first kappa shape index (κ1) is 17.9. The van der Waals surface area contributed by atoms with Crippen molar-refractivity contribution in [1.82, 2.24) is 20.0 Å². The molecule has 2 aliphatic heterocycles. The maximum atomic E-state index is 12.3. The topological polar surface area (TPSA) is 79.8 Å². The van der Waals surface area contributed by atoms with Crippen LogP contribution in [0.3, 0.4) is 0 Å². The van der Waals surface area contributed by atoms with Gasteiger partial charge in [0, 0.05) is 33.1 Å². The predicted molar refractivity (Wildman–Crippen MR) is 93.5 cm³/mol. The van der Waals surface area contributed by atoms with Crippen molar-refractivity contribution in [3.8, 4) is 0 Å². The second-order valence-corrected chi connectivity index (χ2v) is 7.16. The summed E-state index contributed by atoms with van der Waals surface area (Å²) in [6, 6.07) is 3.87. The van der Waals surface area contributed by atoms with E-state index in [4.69, 9.17) is 9.47 Å². The molecule has 1 N–H and O–H groups in total.